The molecule has 2 aromatic carbocycles. The van der Waals surface area contributed by atoms with Gasteiger partial charge in [0.2, 0.25) is 0 Å². The van der Waals surface area contributed by atoms with Crippen molar-refractivity contribution in [2.75, 3.05) is 32.1 Å². The predicted octanol–water partition coefficient (Wildman–Crippen LogP) is 6.67. The lowest BCUT2D eigenvalue weighted by molar-refractivity contribution is 0.0776. The minimum atomic E-state index is 0.522. The Morgan fingerprint density at radius 2 is 1.73 bits per heavy atom. The zero-order chi connectivity index (χ0) is 30.8. The van der Waals surface area contributed by atoms with Gasteiger partial charge >= 0.3 is 0 Å². The average molecular weight is 591 g/mol. The Balaban J connectivity index is 1.24. The van der Waals surface area contributed by atoms with E-state index in [0.717, 1.165) is 87.1 Å². The van der Waals surface area contributed by atoms with Crippen molar-refractivity contribution in [3.8, 4) is 22.4 Å². The second-order valence-electron chi connectivity index (χ2n) is 12.4. The summed E-state index contributed by atoms with van der Waals surface area (Å²) < 4.78 is 7.72. The molecule has 0 aliphatic carbocycles. The lowest BCUT2D eigenvalue weighted by atomic mass is 9.91. The highest BCUT2D eigenvalue weighted by atomic mass is 16.5. The van der Waals surface area contributed by atoms with Crippen LogP contribution in [0.15, 0.2) is 55.2 Å². The van der Waals surface area contributed by atoms with Crippen LogP contribution in [0.1, 0.15) is 59.2 Å². The van der Waals surface area contributed by atoms with Gasteiger partial charge in [0.15, 0.2) is 5.82 Å². The number of fused-ring (bicyclic) bond motifs is 1. The first-order valence-corrected chi connectivity index (χ1v) is 16.0. The first-order valence-electron chi connectivity index (χ1n) is 16.0. The Morgan fingerprint density at radius 1 is 1.00 bits per heavy atom. The van der Waals surface area contributed by atoms with Gasteiger partial charge < -0.3 is 24.8 Å². The van der Waals surface area contributed by atoms with E-state index in [1.54, 1.807) is 0 Å². The smallest absolute Gasteiger partial charge is 0.156 e. The van der Waals surface area contributed by atoms with Crippen molar-refractivity contribution >= 4 is 11.4 Å². The second kappa shape index (κ2) is 13.1. The molecule has 2 aromatic heterocycles. The van der Waals surface area contributed by atoms with E-state index in [9.17, 15) is 0 Å². The van der Waals surface area contributed by atoms with E-state index in [2.05, 4.69) is 110 Å². The number of likely N-dealkylation sites (N-methyl/N-ethyl adjacent to an activating group) is 1. The van der Waals surface area contributed by atoms with E-state index in [1.165, 1.54) is 44.6 Å². The Hall–Kier alpha value is -3.78. The molecule has 7 heteroatoms. The first kappa shape index (κ1) is 30.3. The van der Waals surface area contributed by atoms with Gasteiger partial charge in [0.25, 0.3) is 0 Å². The maximum Gasteiger partial charge on any atom is 0.156 e. The van der Waals surface area contributed by atoms with Crippen molar-refractivity contribution in [2.24, 2.45) is 7.05 Å². The largest absolute Gasteiger partial charge is 0.381 e. The van der Waals surface area contributed by atoms with Crippen molar-refractivity contribution in [1.82, 2.24) is 24.8 Å². The summed E-state index contributed by atoms with van der Waals surface area (Å²) in [5.41, 5.74) is 14.0. The highest BCUT2D eigenvalue weighted by Crippen LogP contribution is 2.36. The number of nitrogens with one attached hydrogen (secondary N) is 2. The number of aromatic nitrogens is 3. The third kappa shape index (κ3) is 6.09. The zero-order valence-electron chi connectivity index (χ0n) is 27.0. The molecule has 0 spiro atoms. The fourth-order valence-electron chi connectivity index (χ4n) is 6.73. The molecular formula is C37H46N6O. The molecule has 0 radical (unpaired) electrons. The van der Waals surface area contributed by atoms with E-state index in [-0.39, 0.29) is 0 Å². The molecule has 0 amide bonds. The SMILES string of the molecule is C=C(Nc1cccc(-c2cccc(-c3cc(CC)c(CNC4CCOCC4)cn3)c2C)c1C)c1nc2c(n1C)CCN(C)C2. The van der Waals surface area contributed by atoms with Crippen molar-refractivity contribution in [1.29, 1.82) is 0 Å². The molecule has 0 unspecified atom stereocenters. The Morgan fingerprint density at radius 3 is 2.50 bits per heavy atom. The summed E-state index contributed by atoms with van der Waals surface area (Å²) in [7, 11) is 4.25. The number of imidazole rings is 1. The summed E-state index contributed by atoms with van der Waals surface area (Å²) in [5.74, 6) is 0.900. The maximum absolute atomic E-state index is 5.52. The lowest BCUT2D eigenvalue weighted by Crippen LogP contribution is -2.34. The number of ether oxygens (including phenoxy) is 1. The van der Waals surface area contributed by atoms with Crippen molar-refractivity contribution in [2.45, 2.75) is 65.6 Å². The number of hydrogen-bond donors (Lipinski definition) is 2. The van der Waals surface area contributed by atoms with Gasteiger partial charge in [-0.3, -0.25) is 4.98 Å². The van der Waals surface area contributed by atoms with Crippen LogP contribution in [-0.4, -0.2) is 52.3 Å². The van der Waals surface area contributed by atoms with Crippen LogP contribution in [0.25, 0.3) is 28.1 Å². The van der Waals surface area contributed by atoms with Crippen LogP contribution in [0.3, 0.4) is 0 Å². The van der Waals surface area contributed by atoms with E-state index >= 15 is 0 Å². The molecule has 2 N–H and O–H groups in total. The topological polar surface area (TPSA) is 67.2 Å². The van der Waals surface area contributed by atoms with Gasteiger partial charge in [-0.15, -0.1) is 0 Å². The minimum Gasteiger partial charge on any atom is -0.381 e. The van der Waals surface area contributed by atoms with Gasteiger partial charge in [-0.05, 0) is 85.7 Å². The Kier molecular flexibility index (Phi) is 8.98. The van der Waals surface area contributed by atoms with Crippen LogP contribution < -0.4 is 10.6 Å². The monoisotopic (exact) mass is 590 g/mol. The number of hydrogen-bond acceptors (Lipinski definition) is 6. The summed E-state index contributed by atoms with van der Waals surface area (Å²) in [5, 5.41) is 7.33. The van der Waals surface area contributed by atoms with Crippen LogP contribution in [0.2, 0.25) is 0 Å². The normalized spacial score (nSPS) is 15.8. The second-order valence-corrected chi connectivity index (χ2v) is 12.4. The Bertz CT molecular complexity index is 1660. The number of pyridine rings is 1. The molecule has 0 bridgehead atoms. The van der Waals surface area contributed by atoms with Crippen LogP contribution in [-0.2, 0) is 37.7 Å². The van der Waals surface area contributed by atoms with Crippen LogP contribution >= 0.6 is 0 Å². The molecule has 7 nitrogen and oxygen atoms in total. The summed E-state index contributed by atoms with van der Waals surface area (Å²) in [6, 6.07) is 15.8. The van der Waals surface area contributed by atoms with Gasteiger partial charge in [0, 0.05) is 75.5 Å². The van der Waals surface area contributed by atoms with E-state index in [0.29, 0.717) is 6.04 Å². The van der Waals surface area contributed by atoms with E-state index in [4.69, 9.17) is 14.7 Å². The van der Waals surface area contributed by atoms with Crippen LogP contribution in [0, 0.1) is 13.8 Å². The molecule has 1 fully saturated rings. The third-order valence-corrected chi connectivity index (χ3v) is 9.50. The molecule has 2 aliphatic rings. The van der Waals surface area contributed by atoms with E-state index < -0.39 is 0 Å². The molecule has 0 atom stereocenters. The van der Waals surface area contributed by atoms with Crippen molar-refractivity contribution < 1.29 is 4.74 Å². The number of anilines is 1. The molecule has 44 heavy (non-hydrogen) atoms. The molecule has 0 saturated carbocycles. The fraction of sp³-hybridized carbons (Fsp3) is 0.405. The predicted molar refractivity (Wildman–Crippen MR) is 181 cm³/mol. The van der Waals surface area contributed by atoms with E-state index in [1.807, 2.05) is 0 Å². The van der Waals surface area contributed by atoms with Crippen molar-refractivity contribution in [3.05, 3.63) is 94.7 Å². The Labute approximate surface area is 262 Å². The summed E-state index contributed by atoms with van der Waals surface area (Å²) in [6.07, 6.45) is 6.21. The molecule has 230 valence electrons. The van der Waals surface area contributed by atoms with Gasteiger partial charge in [-0.25, -0.2) is 4.98 Å². The van der Waals surface area contributed by atoms with Gasteiger partial charge in [0.05, 0.1) is 17.1 Å². The number of benzene rings is 2. The number of rotatable bonds is 9. The number of aryl methyl sites for hydroxylation is 1. The summed E-state index contributed by atoms with van der Waals surface area (Å²) in [6.45, 7) is 15.5. The third-order valence-electron chi connectivity index (χ3n) is 9.50. The van der Waals surface area contributed by atoms with Crippen LogP contribution in [0.5, 0.6) is 0 Å². The molecule has 1 saturated heterocycles. The fourth-order valence-corrected chi connectivity index (χ4v) is 6.73. The molecule has 4 aromatic rings. The van der Waals surface area contributed by atoms with Gasteiger partial charge in [0.1, 0.15) is 0 Å². The van der Waals surface area contributed by atoms with Gasteiger partial charge in [-0.2, -0.15) is 0 Å². The lowest BCUT2D eigenvalue weighted by Gasteiger charge is -2.24. The quantitative estimate of drug-likeness (QED) is 0.227. The minimum absolute atomic E-state index is 0.522. The molecule has 4 heterocycles. The molecule has 6 rings (SSSR count). The van der Waals surface area contributed by atoms with Crippen LogP contribution in [0.4, 0.5) is 5.69 Å². The first-order chi connectivity index (χ1) is 21.3. The summed E-state index contributed by atoms with van der Waals surface area (Å²) in [4.78, 5) is 12.3. The average Bonchev–Trinajstić information content (AvgIpc) is 3.37. The molecule has 2 aliphatic heterocycles. The summed E-state index contributed by atoms with van der Waals surface area (Å²) >= 11 is 0. The highest BCUT2D eigenvalue weighted by Gasteiger charge is 2.22. The molecular weight excluding hydrogens is 544 g/mol. The number of nitrogens with zero attached hydrogens (tertiary/aromatic N) is 4. The maximum atomic E-state index is 5.52. The zero-order valence-corrected chi connectivity index (χ0v) is 27.0. The van der Waals surface area contributed by atoms with Crippen molar-refractivity contribution in [3.63, 3.8) is 0 Å². The standard InChI is InChI=1S/C37H46N6O/c1-7-27-20-34(39-22-28(27)21-38-29-15-18-44-19-16-29)32-12-8-10-30(24(32)2)31-11-9-13-33(25(31)3)40-26(4)37-41-35-23-42(5)17-14-36(35)43(37)6/h8-13,20,22,29,38,40H,4,7,14-19,21,23H2,1-3,5-6H3. The van der Waals surface area contributed by atoms with Gasteiger partial charge in [-0.1, -0.05) is 43.8 Å². The highest BCUT2D eigenvalue weighted by molar-refractivity contribution is 5.84.